The van der Waals surface area contributed by atoms with Gasteiger partial charge in [-0.25, -0.2) is 0 Å². The topological polar surface area (TPSA) is 83.8 Å². The fourth-order valence-corrected chi connectivity index (χ4v) is 5.86. The summed E-state index contributed by atoms with van der Waals surface area (Å²) in [5.74, 6) is -0.361. The van der Waals surface area contributed by atoms with Crippen molar-refractivity contribution in [1.82, 2.24) is 0 Å². The van der Waals surface area contributed by atoms with E-state index in [-0.39, 0.29) is 36.8 Å². The SMILES string of the molecule is COC(CC(CCCl)(CCCl)P(=O)(O)O)(C(=O)c1ccccc1)c1ccccc1. The predicted molar refractivity (Wildman–Crippen MR) is 116 cm³/mol. The summed E-state index contributed by atoms with van der Waals surface area (Å²) in [6, 6.07) is 17.3. The van der Waals surface area contributed by atoms with Crippen LogP contribution in [0.5, 0.6) is 0 Å². The molecule has 1 atom stereocenters. The average Bonchev–Trinajstić information content (AvgIpc) is 2.72. The van der Waals surface area contributed by atoms with E-state index in [1.807, 2.05) is 0 Å². The number of hydrogen-bond acceptors (Lipinski definition) is 3. The molecule has 0 bridgehead atoms. The summed E-state index contributed by atoms with van der Waals surface area (Å²) in [5.41, 5.74) is -0.713. The maximum Gasteiger partial charge on any atom is 0.331 e. The lowest BCUT2D eigenvalue weighted by molar-refractivity contribution is -0.0155. The van der Waals surface area contributed by atoms with E-state index in [1.165, 1.54) is 7.11 Å². The second-order valence-corrected chi connectivity index (χ2v) is 9.71. The number of benzene rings is 2. The highest BCUT2D eigenvalue weighted by Gasteiger charge is 2.54. The maximum absolute atomic E-state index is 13.7. The molecule has 0 saturated carbocycles. The molecule has 0 radical (unpaired) electrons. The number of alkyl halides is 2. The van der Waals surface area contributed by atoms with Crippen LogP contribution >= 0.6 is 30.8 Å². The number of halogens is 2. The monoisotopic (exact) mass is 458 g/mol. The van der Waals surface area contributed by atoms with Gasteiger partial charge in [0.25, 0.3) is 0 Å². The fourth-order valence-electron chi connectivity index (χ4n) is 3.64. The predicted octanol–water partition coefficient (Wildman–Crippen LogP) is 4.98. The maximum atomic E-state index is 13.7. The molecule has 0 spiro atoms. The van der Waals surface area contributed by atoms with Crippen molar-refractivity contribution in [3.8, 4) is 0 Å². The molecule has 29 heavy (non-hydrogen) atoms. The zero-order valence-electron chi connectivity index (χ0n) is 16.1. The van der Waals surface area contributed by atoms with Gasteiger partial charge in [-0.15, -0.1) is 23.2 Å². The van der Waals surface area contributed by atoms with E-state index in [4.69, 9.17) is 27.9 Å². The molecule has 8 heteroatoms. The Balaban J connectivity index is 2.72. The van der Waals surface area contributed by atoms with Gasteiger partial charge in [0.15, 0.2) is 11.4 Å². The summed E-state index contributed by atoms with van der Waals surface area (Å²) < 4.78 is 18.4. The molecule has 2 aromatic carbocycles. The minimum atomic E-state index is -4.70. The average molecular weight is 459 g/mol. The lowest BCUT2D eigenvalue weighted by Gasteiger charge is -2.42. The first-order valence-corrected chi connectivity index (χ1v) is 11.8. The van der Waals surface area contributed by atoms with E-state index < -0.39 is 18.4 Å². The second kappa shape index (κ2) is 10.2. The molecule has 2 N–H and O–H groups in total. The first-order valence-electron chi connectivity index (χ1n) is 9.14. The smallest absolute Gasteiger partial charge is 0.331 e. The van der Waals surface area contributed by atoms with E-state index in [2.05, 4.69) is 0 Å². The van der Waals surface area contributed by atoms with Crippen LogP contribution < -0.4 is 0 Å². The molecule has 2 aromatic rings. The molecule has 0 saturated heterocycles. The largest absolute Gasteiger partial charge is 0.365 e. The Morgan fingerprint density at radius 3 is 1.86 bits per heavy atom. The molecular weight excluding hydrogens is 434 g/mol. The van der Waals surface area contributed by atoms with Crippen molar-refractivity contribution in [2.45, 2.75) is 30.0 Å². The van der Waals surface area contributed by atoms with Gasteiger partial charge in [0.05, 0.1) is 5.16 Å². The molecule has 0 amide bonds. The minimum Gasteiger partial charge on any atom is -0.365 e. The van der Waals surface area contributed by atoms with E-state index >= 15 is 0 Å². The van der Waals surface area contributed by atoms with E-state index in [0.29, 0.717) is 11.1 Å². The number of ketones is 1. The number of Topliss-reactive ketones (excluding diaryl/α,β-unsaturated/α-hetero) is 1. The van der Waals surface area contributed by atoms with Crippen LogP contribution in [0.2, 0.25) is 0 Å². The van der Waals surface area contributed by atoms with Gasteiger partial charge in [0.1, 0.15) is 0 Å². The van der Waals surface area contributed by atoms with Gasteiger partial charge >= 0.3 is 7.60 Å². The molecule has 0 aliphatic heterocycles. The molecule has 1 unspecified atom stereocenters. The Morgan fingerprint density at radius 1 is 0.966 bits per heavy atom. The first kappa shape index (κ1) is 24.1. The molecular formula is C21H25Cl2O5P. The number of carbonyl (C=O) groups is 1. The lowest BCUT2D eigenvalue weighted by Crippen LogP contribution is -2.46. The van der Waals surface area contributed by atoms with Crippen molar-refractivity contribution in [3.05, 3.63) is 71.8 Å². The highest BCUT2D eigenvalue weighted by molar-refractivity contribution is 7.53. The Morgan fingerprint density at radius 2 is 1.45 bits per heavy atom. The van der Waals surface area contributed by atoms with Gasteiger partial charge in [-0.2, -0.15) is 0 Å². The number of methoxy groups -OCH3 is 1. The van der Waals surface area contributed by atoms with Crippen molar-refractivity contribution in [2.75, 3.05) is 18.9 Å². The normalized spacial score (nSPS) is 14.4. The third kappa shape index (κ3) is 5.11. The summed E-state index contributed by atoms with van der Waals surface area (Å²) in [6.07, 6.45) is -0.269. The Hall–Kier alpha value is -1.20. The molecule has 0 aliphatic rings. The van der Waals surface area contributed by atoms with Crippen LogP contribution in [0.15, 0.2) is 60.7 Å². The van der Waals surface area contributed by atoms with Crippen LogP contribution in [0, 0.1) is 0 Å². The zero-order chi connectivity index (χ0) is 21.5. The van der Waals surface area contributed by atoms with Crippen molar-refractivity contribution < 1.29 is 23.9 Å². The molecule has 0 aromatic heterocycles. The van der Waals surface area contributed by atoms with Gasteiger partial charge in [-0.3, -0.25) is 9.36 Å². The van der Waals surface area contributed by atoms with Crippen molar-refractivity contribution in [1.29, 1.82) is 0 Å². The third-order valence-electron chi connectivity index (χ3n) is 5.31. The quantitative estimate of drug-likeness (QED) is 0.282. The van der Waals surface area contributed by atoms with Crippen LogP contribution in [-0.4, -0.2) is 39.6 Å². The standard InChI is InChI=1S/C21H25Cl2O5P/c1-28-21(18-10-6-3-7-11-18,19(24)17-8-4-2-5-9-17)16-20(12-14-22,13-15-23)29(25,26)27/h2-11H,12-16H2,1H3,(H2,25,26,27). The molecule has 0 aliphatic carbocycles. The minimum absolute atomic E-state index is 0.00837. The van der Waals surface area contributed by atoms with Crippen LogP contribution in [-0.2, 0) is 14.9 Å². The van der Waals surface area contributed by atoms with E-state index in [0.717, 1.165) is 0 Å². The number of hydrogen-bond donors (Lipinski definition) is 2. The molecule has 2 rings (SSSR count). The van der Waals surface area contributed by atoms with E-state index in [9.17, 15) is 19.1 Å². The number of carbonyl (C=O) groups excluding carboxylic acids is 1. The summed E-state index contributed by atoms with van der Waals surface area (Å²) in [6.45, 7) is 0. The molecule has 158 valence electrons. The van der Waals surface area contributed by atoms with Gasteiger partial charge in [0.2, 0.25) is 0 Å². The van der Waals surface area contributed by atoms with Crippen LogP contribution in [0.4, 0.5) is 0 Å². The van der Waals surface area contributed by atoms with Crippen molar-refractivity contribution in [3.63, 3.8) is 0 Å². The van der Waals surface area contributed by atoms with Crippen molar-refractivity contribution >= 4 is 36.6 Å². The van der Waals surface area contributed by atoms with Gasteiger partial charge in [-0.05, 0) is 18.4 Å². The van der Waals surface area contributed by atoms with Crippen LogP contribution in [0.1, 0.15) is 35.2 Å². The Bertz CT molecular complexity index is 835. The van der Waals surface area contributed by atoms with Gasteiger partial charge < -0.3 is 14.5 Å². The fraction of sp³-hybridized carbons (Fsp3) is 0.381. The van der Waals surface area contributed by atoms with E-state index in [1.54, 1.807) is 60.7 Å². The molecule has 0 heterocycles. The summed E-state index contributed by atoms with van der Waals surface area (Å²) >= 11 is 11.9. The summed E-state index contributed by atoms with van der Waals surface area (Å²) in [7, 11) is -3.33. The second-order valence-electron chi connectivity index (χ2n) is 6.92. The van der Waals surface area contributed by atoms with Gasteiger partial charge in [0, 0.05) is 30.9 Å². The number of rotatable bonds is 11. The Labute approximate surface area is 181 Å². The molecule has 0 fully saturated rings. The highest BCUT2D eigenvalue weighted by Crippen LogP contribution is 2.60. The third-order valence-corrected chi connectivity index (χ3v) is 7.53. The van der Waals surface area contributed by atoms with Crippen molar-refractivity contribution in [2.24, 2.45) is 0 Å². The highest BCUT2D eigenvalue weighted by atomic mass is 35.5. The summed E-state index contributed by atoms with van der Waals surface area (Å²) in [4.78, 5) is 34.2. The van der Waals surface area contributed by atoms with Gasteiger partial charge in [-0.1, -0.05) is 60.7 Å². The summed E-state index contributed by atoms with van der Waals surface area (Å²) in [5, 5.41) is -1.60. The molecule has 5 nitrogen and oxygen atoms in total. The zero-order valence-corrected chi connectivity index (χ0v) is 18.5. The van der Waals surface area contributed by atoms with Crippen LogP contribution in [0.3, 0.4) is 0 Å². The first-order chi connectivity index (χ1) is 13.8. The Kier molecular flexibility index (Phi) is 8.48. The number of ether oxygens (including phenoxy) is 1. The van der Waals surface area contributed by atoms with Crippen LogP contribution in [0.25, 0.3) is 0 Å². The lowest BCUT2D eigenvalue weighted by atomic mass is 9.77.